The van der Waals surface area contributed by atoms with Crippen LogP contribution >= 0.6 is 23.2 Å². The summed E-state index contributed by atoms with van der Waals surface area (Å²) in [5, 5.41) is 13.3. The van der Waals surface area contributed by atoms with Gasteiger partial charge in [-0.15, -0.1) is 0 Å². The van der Waals surface area contributed by atoms with Crippen LogP contribution in [0.1, 0.15) is 18.3 Å². The number of furan rings is 1. The number of benzene rings is 1. The summed E-state index contributed by atoms with van der Waals surface area (Å²) < 4.78 is 10.4. The van der Waals surface area contributed by atoms with Gasteiger partial charge in [-0.3, -0.25) is 4.79 Å². The number of nitrogens with one attached hydrogen (secondary N) is 1. The molecule has 1 amide bonds. The minimum absolute atomic E-state index is 0.168. The first kappa shape index (κ1) is 16.7. The van der Waals surface area contributed by atoms with Crippen molar-refractivity contribution in [3.05, 3.63) is 52.4 Å². The molecule has 22 heavy (non-hydrogen) atoms. The van der Waals surface area contributed by atoms with E-state index in [2.05, 4.69) is 5.32 Å². The lowest BCUT2D eigenvalue weighted by molar-refractivity contribution is -0.123. The standard InChI is InChI=1S/C15H15Cl2NO4/c16-10-3-4-13(11(17)8-10)22-9-15(20)18-6-5-12(19)14-2-1-7-21-14/h1-4,7-8,12,19H,5-6,9H2,(H,18,20)/t12-/m1/s1. The minimum Gasteiger partial charge on any atom is -0.482 e. The summed E-state index contributed by atoms with van der Waals surface area (Å²) in [5.74, 6) is 0.549. The second-order valence-electron chi connectivity index (χ2n) is 4.53. The summed E-state index contributed by atoms with van der Waals surface area (Å²) >= 11 is 11.7. The third-order valence-electron chi connectivity index (χ3n) is 2.86. The van der Waals surface area contributed by atoms with Crippen LogP contribution in [0.4, 0.5) is 0 Å². The molecule has 0 saturated heterocycles. The molecule has 0 saturated carbocycles. The number of halogens is 2. The molecular weight excluding hydrogens is 329 g/mol. The Morgan fingerprint density at radius 1 is 1.36 bits per heavy atom. The van der Waals surface area contributed by atoms with Gasteiger partial charge in [0, 0.05) is 11.6 Å². The Labute approximate surface area is 137 Å². The average molecular weight is 344 g/mol. The van der Waals surface area contributed by atoms with Gasteiger partial charge in [-0.2, -0.15) is 0 Å². The van der Waals surface area contributed by atoms with Crippen molar-refractivity contribution in [2.24, 2.45) is 0 Å². The van der Waals surface area contributed by atoms with E-state index in [9.17, 15) is 9.90 Å². The third-order valence-corrected chi connectivity index (χ3v) is 3.39. The molecule has 118 valence electrons. The number of carbonyl (C=O) groups excluding carboxylic acids is 1. The zero-order valence-electron chi connectivity index (χ0n) is 11.6. The molecule has 0 unspecified atom stereocenters. The summed E-state index contributed by atoms with van der Waals surface area (Å²) in [5.41, 5.74) is 0. The first-order valence-corrected chi connectivity index (χ1v) is 7.38. The molecule has 2 N–H and O–H groups in total. The molecule has 0 aliphatic heterocycles. The highest BCUT2D eigenvalue weighted by Crippen LogP contribution is 2.27. The summed E-state index contributed by atoms with van der Waals surface area (Å²) in [4.78, 5) is 11.7. The van der Waals surface area contributed by atoms with Crippen molar-refractivity contribution in [1.29, 1.82) is 0 Å². The van der Waals surface area contributed by atoms with Crippen molar-refractivity contribution < 1.29 is 19.1 Å². The number of amides is 1. The van der Waals surface area contributed by atoms with Crippen LogP contribution in [0.5, 0.6) is 5.75 Å². The zero-order valence-corrected chi connectivity index (χ0v) is 13.1. The first-order valence-electron chi connectivity index (χ1n) is 6.62. The summed E-state index contributed by atoms with van der Waals surface area (Å²) in [6.07, 6.45) is 1.09. The predicted molar refractivity (Wildman–Crippen MR) is 83.3 cm³/mol. The van der Waals surface area contributed by atoms with Crippen molar-refractivity contribution >= 4 is 29.1 Å². The lowest BCUT2D eigenvalue weighted by Gasteiger charge is -2.10. The van der Waals surface area contributed by atoms with Gasteiger partial charge >= 0.3 is 0 Å². The molecule has 5 nitrogen and oxygen atoms in total. The van der Waals surface area contributed by atoms with Gasteiger partial charge in [-0.05, 0) is 36.8 Å². The molecule has 0 bridgehead atoms. The second-order valence-corrected chi connectivity index (χ2v) is 5.38. The highest BCUT2D eigenvalue weighted by Gasteiger charge is 2.11. The van der Waals surface area contributed by atoms with Gasteiger partial charge in [0.1, 0.15) is 17.6 Å². The smallest absolute Gasteiger partial charge is 0.257 e. The Kier molecular flexibility index (Phi) is 6.12. The van der Waals surface area contributed by atoms with Crippen molar-refractivity contribution in [1.82, 2.24) is 5.32 Å². The topological polar surface area (TPSA) is 71.7 Å². The Morgan fingerprint density at radius 3 is 2.86 bits per heavy atom. The summed E-state index contributed by atoms with van der Waals surface area (Å²) in [6, 6.07) is 8.13. The van der Waals surface area contributed by atoms with E-state index in [0.717, 1.165) is 0 Å². The maximum Gasteiger partial charge on any atom is 0.257 e. The second kappa shape index (κ2) is 8.08. The average Bonchev–Trinajstić information content (AvgIpc) is 3.00. The molecule has 2 rings (SSSR count). The largest absolute Gasteiger partial charge is 0.482 e. The molecular formula is C15H15Cl2NO4. The molecule has 0 aliphatic rings. The van der Waals surface area contributed by atoms with Crippen LogP contribution in [-0.4, -0.2) is 24.2 Å². The maximum atomic E-state index is 11.7. The quantitative estimate of drug-likeness (QED) is 0.809. The number of ether oxygens (including phenoxy) is 1. The summed E-state index contributed by atoms with van der Waals surface area (Å²) in [6.45, 7) is 0.136. The SMILES string of the molecule is O=C(COc1ccc(Cl)cc1Cl)NCC[C@@H](O)c1ccco1. The van der Waals surface area contributed by atoms with Crippen LogP contribution in [0.15, 0.2) is 41.0 Å². The highest BCUT2D eigenvalue weighted by molar-refractivity contribution is 6.35. The van der Waals surface area contributed by atoms with Crippen molar-refractivity contribution in [3.8, 4) is 5.75 Å². The van der Waals surface area contributed by atoms with Gasteiger partial charge in [0.25, 0.3) is 5.91 Å². The Bertz CT molecular complexity index is 616. The number of rotatable bonds is 7. The van der Waals surface area contributed by atoms with E-state index < -0.39 is 6.10 Å². The van der Waals surface area contributed by atoms with Gasteiger partial charge in [0.05, 0.1) is 11.3 Å². The maximum absolute atomic E-state index is 11.7. The Hall–Kier alpha value is -1.69. The summed E-state index contributed by atoms with van der Waals surface area (Å²) in [7, 11) is 0. The van der Waals surface area contributed by atoms with Gasteiger partial charge in [-0.25, -0.2) is 0 Å². The molecule has 1 atom stereocenters. The van der Waals surface area contributed by atoms with Crippen LogP contribution in [0.2, 0.25) is 10.0 Å². The lowest BCUT2D eigenvalue weighted by atomic mass is 10.2. The first-order chi connectivity index (χ1) is 10.6. The van der Waals surface area contributed by atoms with Crippen molar-refractivity contribution in [2.75, 3.05) is 13.2 Å². The van der Waals surface area contributed by atoms with Gasteiger partial charge in [0.15, 0.2) is 6.61 Å². The van der Waals surface area contributed by atoms with Gasteiger partial charge < -0.3 is 19.6 Å². The van der Waals surface area contributed by atoms with Crippen LogP contribution in [0.25, 0.3) is 0 Å². The lowest BCUT2D eigenvalue weighted by Crippen LogP contribution is -2.30. The van der Waals surface area contributed by atoms with Gasteiger partial charge in [-0.1, -0.05) is 23.2 Å². The number of carbonyl (C=O) groups is 1. The van der Waals surface area contributed by atoms with E-state index in [0.29, 0.717) is 34.5 Å². The van der Waals surface area contributed by atoms with Crippen molar-refractivity contribution in [3.63, 3.8) is 0 Å². The van der Waals surface area contributed by atoms with E-state index in [4.69, 9.17) is 32.4 Å². The number of aliphatic hydroxyl groups is 1. The van der Waals surface area contributed by atoms with Crippen LogP contribution in [-0.2, 0) is 4.79 Å². The number of aliphatic hydroxyl groups excluding tert-OH is 1. The molecule has 1 aromatic heterocycles. The van der Waals surface area contributed by atoms with Crippen molar-refractivity contribution in [2.45, 2.75) is 12.5 Å². The fraction of sp³-hybridized carbons (Fsp3) is 0.267. The molecule has 7 heteroatoms. The molecule has 1 heterocycles. The zero-order chi connectivity index (χ0) is 15.9. The third kappa shape index (κ3) is 4.94. The number of hydrogen-bond donors (Lipinski definition) is 2. The molecule has 0 radical (unpaired) electrons. The predicted octanol–water partition coefficient (Wildman–Crippen LogP) is 3.21. The fourth-order valence-electron chi connectivity index (χ4n) is 1.76. The van der Waals surface area contributed by atoms with Gasteiger partial charge in [0.2, 0.25) is 0 Å². The molecule has 1 aromatic carbocycles. The molecule has 2 aromatic rings. The van der Waals surface area contributed by atoms with E-state index in [1.54, 1.807) is 24.3 Å². The van der Waals surface area contributed by atoms with Crippen LogP contribution < -0.4 is 10.1 Å². The normalized spacial score (nSPS) is 12.0. The molecule has 0 fully saturated rings. The molecule has 0 spiro atoms. The monoisotopic (exact) mass is 343 g/mol. The Balaban J connectivity index is 1.70. The number of hydrogen-bond acceptors (Lipinski definition) is 4. The van der Waals surface area contributed by atoms with E-state index >= 15 is 0 Å². The Morgan fingerprint density at radius 2 is 2.18 bits per heavy atom. The highest BCUT2D eigenvalue weighted by atomic mass is 35.5. The van der Waals surface area contributed by atoms with Crippen LogP contribution in [0.3, 0.4) is 0 Å². The van der Waals surface area contributed by atoms with Crippen LogP contribution in [0, 0.1) is 0 Å². The minimum atomic E-state index is -0.748. The van der Waals surface area contributed by atoms with E-state index in [1.165, 1.54) is 12.3 Å². The van der Waals surface area contributed by atoms with E-state index in [-0.39, 0.29) is 12.5 Å². The fourth-order valence-corrected chi connectivity index (χ4v) is 2.22. The molecule has 0 aliphatic carbocycles. The van der Waals surface area contributed by atoms with E-state index in [1.807, 2.05) is 0 Å².